The molecule has 5 rings (SSSR count). The van der Waals surface area contributed by atoms with Gasteiger partial charge in [-0.1, -0.05) is 24.3 Å². The number of ether oxygens (including phenoxy) is 1. The molecule has 0 fully saturated rings. The monoisotopic (exact) mass is 417 g/mol. The molecule has 2 amide bonds. The Hall–Kier alpha value is -3.68. The summed E-state index contributed by atoms with van der Waals surface area (Å²) in [6, 6.07) is 13.4. The van der Waals surface area contributed by atoms with Crippen molar-refractivity contribution in [2.75, 3.05) is 20.2 Å². The first-order valence-electron chi connectivity index (χ1n) is 10.3. The fourth-order valence-electron chi connectivity index (χ4n) is 4.19. The summed E-state index contributed by atoms with van der Waals surface area (Å²) < 4.78 is 6.89. The second-order valence-corrected chi connectivity index (χ2v) is 7.81. The van der Waals surface area contributed by atoms with E-state index in [1.807, 2.05) is 27.8 Å². The first-order valence-corrected chi connectivity index (χ1v) is 10.3. The van der Waals surface area contributed by atoms with Crippen LogP contribution in [0.2, 0.25) is 0 Å². The summed E-state index contributed by atoms with van der Waals surface area (Å²) in [5.74, 6) is 0.313. The van der Waals surface area contributed by atoms with Gasteiger partial charge in [0.25, 0.3) is 11.8 Å². The van der Waals surface area contributed by atoms with Crippen molar-refractivity contribution in [1.29, 1.82) is 0 Å². The molecule has 0 unspecified atom stereocenters. The minimum Gasteiger partial charge on any atom is -0.481 e. The van der Waals surface area contributed by atoms with Crippen LogP contribution in [0.5, 0.6) is 5.88 Å². The summed E-state index contributed by atoms with van der Waals surface area (Å²) in [7, 11) is 1.54. The lowest BCUT2D eigenvalue weighted by Crippen LogP contribution is -2.38. The van der Waals surface area contributed by atoms with Gasteiger partial charge in [0.1, 0.15) is 0 Å². The number of nitrogens with zero attached hydrogens (tertiary/aromatic N) is 5. The van der Waals surface area contributed by atoms with Crippen molar-refractivity contribution >= 4 is 11.8 Å². The van der Waals surface area contributed by atoms with Crippen LogP contribution < -0.4 is 4.74 Å². The lowest BCUT2D eigenvalue weighted by molar-refractivity contribution is 0.0699. The largest absolute Gasteiger partial charge is 0.481 e. The highest BCUT2D eigenvalue weighted by Crippen LogP contribution is 2.22. The van der Waals surface area contributed by atoms with Crippen molar-refractivity contribution in [2.45, 2.75) is 26.1 Å². The smallest absolute Gasteiger partial charge is 0.274 e. The Bertz CT molecular complexity index is 1140. The summed E-state index contributed by atoms with van der Waals surface area (Å²) in [5.41, 5.74) is 4.31. The fourth-order valence-corrected chi connectivity index (χ4v) is 4.19. The Morgan fingerprint density at radius 2 is 1.74 bits per heavy atom. The predicted molar refractivity (Wildman–Crippen MR) is 113 cm³/mol. The Morgan fingerprint density at radius 1 is 0.935 bits per heavy atom. The van der Waals surface area contributed by atoms with Crippen molar-refractivity contribution in [2.24, 2.45) is 0 Å². The Kier molecular flexibility index (Phi) is 4.89. The van der Waals surface area contributed by atoms with Crippen LogP contribution >= 0.6 is 0 Å². The molecule has 2 aromatic heterocycles. The Morgan fingerprint density at radius 3 is 2.52 bits per heavy atom. The van der Waals surface area contributed by atoms with Crippen LogP contribution in [0.4, 0.5) is 0 Å². The van der Waals surface area contributed by atoms with E-state index in [0.717, 1.165) is 12.1 Å². The van der Waals surface area contributed by atoms with Crippen molar-refractivity contribution in [3.8, 4) is 5.88 Å². The molecule has 3 aromatic rings. The zero-order valence-corrected chi connectivity index (χ0v) is 17.3. The molecule has 8 heteroatoms. The SMILES string of the molecule is COc1ccc(C(=O)N2CCn3nc(C(=O)N4CCc5ccccc5C4)cc3C2)cn1. The van der Waals surface area contributed by atoms with E-state index in [9.17, 15) is 9.59 Å². The molecule has 0 atom stereocenters. The number of methoxy groups -OCH3 is 1. The van der Waals surface area contributed by atoms with E-state index >= 15 is 0 Å². The molecule has 0 aliphatic carbocycles. The summed E-state index contributed by atoms with van der Waals surface area (Å²) in [5, 5.41) is 4.53. The van der Waals surface area contributed by atoms with Gasteiger partial charge in [0.2, 0.25) is 5.88 Å². The number of benzene rings is 1. The number of hydrogen-bond acceptors (Lipinski definition) is 5. The zero-order valence-electron chi connectivity index (χ0n) is 17.3. The van der Waals surface area contributed by atoms with Gasteiger partial charge in [0.15, 0.2) is 5.69 Å². The number of rotatable bonds is 3. The van der Waals surface area contributed by atoms with Crippen LogP contribution in [-0.2, 0) is 26.1 Å². The minimum atomic E-state index is -0.0943. The lowest BCUT2D eigenvalue weighted by atomic mass is 10.00. The molecule has 0 saturated heterocycles. The van der Waals surface area contributed by atoms with Crippen LogP contribution in [0.15, 0.2) is 48.7 Å². The summed E-state index contributed by atoms with van der Waals surface area (Å²) in [4.78, 5) is 33.6. The lowest BCUT2D eigenvalue weighted by Gasteiger charge is -2.28. The summed E-state index contributed by atoms with van der Waals surface area (Å²) in [6.07, 6.45) is 2.38. The maximum atomic E-state index is 13.1. The van der Waals surface area contributed by atoms with Crippen molar-refractivity contribution in [1.82, 2.24) is 24.6 Å². The standard InChI is InChI=1S/C23H23N5O3/c1-31-21-7-6-17(13-24-21)22(29)27-10-11-28-19(15-27)12-20(25-28)23(30)26-9-8-16-4-2-3-5-18(16)14-26/h2-7,12-13H,8-11,14-15H2,1H3. The highest BCUT2D eigenvalue weighted by atomic mass is 16.5. The van der Waals surface area contributed by atoms with E-state index in [1.54, 1.807) is 17.0 Å². The molecule has 0 radical (unpaired) electrons. The van der Waals surface area contributed by atoms with E-state index in [0.29, 0.717) is 49.9 Å². The van der Waals surface area contributed by atoms with Gasteiger partial charge in [-0.25, -0.2) is 4.98 Å². The molecule has 158 valence electrons. The number of carbonyl (C=O) groups is 2. The van der Waals surface area contributed by atoms with Gasteiger partial charge in [-0.2, -0.15) is 5.10 Å². The molecule has 8 nitrogen and oxygen atoms in total. The molecule has 31 heavy (non-hydrogen) atoms. The third kappa shape index (κ3) is 3.65. The molecule has 0 saturated carbocycles. The molecule has 0 N–H and O–H groups in total. The van der Waals surface area contributed by atoms with Gasteiger partial charge >= 0.3 is 0 Å². The molecular weight excluding hydrogens is 394 g/mol. The summed E-state index contributed by atoms with van der Waals surface area (Å²) >= 11 is 0. The highest BCUT2D eigenvalue weighted by molar-refractivity contribution is 5.94. The van der Waals surface area contributed by atoms with E-state index in [1.165, 1.54) is 24.4 Å². The number of pyridine rings is 1. The average Bonchev–Trinajstić information content (AvgIpc) is 3.26. The maximum Gasteiger partial charge on any atom is 0.274 e. The van der Waals surface area contributed by atoms with Gasteiger partial charge in [-0.05, 0) is 29.7 Å². The van der Waals surface area contributed by atoms with Crippen LogP contribution in [0, 0.1) is 0 Å². The minimum absolute atomic E-state index is 0.0615. The third-order valence-electron chi connectivity index (χ3n) is 5.91. The molecule has 2 aliphatic heterocycles. The van der Waals surface area contributed by atoms with E-state index < -0.39 is 0 Å². The topological polar surface area (TPSA) is 80.6 Å². The molecule has 0 bridgehead atoms. The zero-order chi connectivity index (χ0) is 21.4. The second kappa shape index (κ2) is 7.86. The first kappa shape index (κ1) is 19.3. The molecule has 2 aliphatic rings. The normalized spacial score (nSPS) is 15.3. The number of fused-ring (bicyclic) bond motifs is 2. The van der Waals surface area contributed by atoms with E-state index in [2.05, 4.69) is 22.2 Å². The molecule has 1 aromatic carbocycles. The average molecular weight is 417 g/mol. The van der Waals surface area contributed by atoms with Gasteiger partial charge < -0.3 is 14.5 Å². The Balaban J connectivity index is 1.30. The quantitative estimate of drug-likeness (QED) is 0.652. The van der Waals surface area contributed by atoms with E-state index in [-0.39, 0.29) is 11.8 Å². The van der Waals surface area contributed by atoms with Crippen LogP contribution in [0.25, 0.3) is 0 Å². The summed E-state index contributed by atoms with van der Waals surface area (Å²) in [6.45, 7) is 2.79. The van der Waals surface area contributed by atoms with Crippen LogP contribution in [-0.4, -0.2) is 56.6 Å². The second-order valence-electron chi connectivity index (χ2n) is 7.81. The fraction of sp³-hybridized carbons (Fsp3) is 0.304. The Labute approximate surface area is 180 Å². The maximum absolute atomic E-state index is 13.1. The highest BCUT2D eigenvalue weighted by Gasteiger charge is 2.28. The number of aromatic nitrogens is 3. The number of carbonyl (C=O) groups excluding carboxylic acids is 2. The molecular formula is C23H23N5O3. The first-order chi connectivity index (χ1) is 15.1. The van der Waals surface area contributed by atoms with Crippen LogP contribution in [0.1, 0.15) is 37.7 Å². The van der Waals surface area contributed by atoms with Crippen LogP contribution in [0.3, 0.4) is 0 Å². The number of hydrogen-bond donors (Lipinski definition) is 0. The van der Waals surface area contributed by atoms with Gasteiger partial charge in [-0.15, -0.1) is 0 Å². The van der Waals surface area contributed by atoms with Crippen molar-refractivity contribution in [3.63, 3.8) is 0 Å². The van der Waals surface area contributed by atoms with Gasteiger partial charge in [-0.3, -0.25) is 14.3 Å². The molecule has 4 heterocycles. The molecule has 0 spiro atoms. The third-order valence-corrected chi connectivity index (χ3v) is 5.91. The van der Waals surface area contributed by atoms with Crippen molar-refractivity contribution < 1.29 is 14.3 Å². The predicted octanol–water partition coefficient (Wildman–Crippen LogP) is 2.14. The van der Waals surface area contributed by atoms with Gasteiger partial charge in [0.05, 0.1) is 31.5 Å². The van der Waals surface area contributed by atoms with Gasteiger partial charge in [0, 0.05) is 31.9 Å². The number of amides is 2. The van der Waals surface area contributed by atoms with Crippen molar-refractivity contribution in [3.05, 3.63) is 76.7 Å². The van der Waals surface area contributed by atoms with E-state index in [4.69, 9.17) is 4.74 Å².